The van der Waals surface area contributed by atoms with Gasteiger partial charge >= 0.3 is 5.97 Å². The van der Waals surface area contributed by atoms with Gasteiger partial charge in [-0.15, -0.1) is 0 Å². The van der Waals surface area contributed by atoms with E-state index >= 15 is 0 Å². The van der Waals surface area contributed by atoms with Crippen molar-refractivity contribution >= 4 is 23.1 Å². The average Bonchev–Trinajstić information content (AvgIpc) is 2.79. The maximum atomic E-state index is 12.7. The fourth-order valence-electron chi connectivity index (χ4n) is 4.55. The fraction of sp³-hybridized carbons (Fsp3) is 0.407. The van der Waals surface area contributed by atoms with E-state index in [0.717, 1.165) is 41.8 Å². The first-order valence-corrected chi connectivity index (χ1v) is 11.6. The zero-order chi connectivity index (χ0) is 23.1. The molecule has 2 aromatic carbocycles. The highest BCUT2D eigenvalue weighted by molar-refractivity contribution is 5.99. The smallest absolute Gasteiger partial charge is 0.338 e. The lowest BCUT2D eigenvalue weighted by atomic mass is 9.84. The van der Waals surface area contributed by atoms with E-state index in [4.69, 9.17) is 10.5 Å². The Balaban J connectivity index is 2.04. The maximum Gasteiger partial charge on any atom is 0.338 e. The molecular weight excluding hydrogens is 400 g/mol. The van der Waals surface area contributed by atoms with Crippen molar-refractivity contribution in [2.24, 2.45) is 5.73 Å². The molecule has 0 aliphatic carbocycles. The monoisotopic (exact) mass is 434 g/mol. The Labute approximate surface area is 191 Å². The molecule has 2 unspecified atom stereocenters. The number of nitrogens with zero attached hydrogens (tertiary/aromatic N) is 1. The number of anilines is 1. The van der Waals surface area contributed by atoms with Crippen LogP contribution in [0.3, 0.4) is 0 Å². The zero-order valence-corrected chi connectivity index (χ0v) is 19.3. The fourth-order valence-corrected chi connectivity index (χ4v) is 4.55. The number of carbonyl (C=O) groups is 2. The summed E-state index contributed by atoms with van der Waals surface area (Å²) in [6.07, 6.45) is 6.45. The van der Waals surface area contributed by atoms with Gasteiger partial charge in [0.05, 0.1) is 18.1 Å². The van der Waals surface area contributed by atoms with Crippen molar-refractivity contribution in [1.82, 2.24) is 0 Å². The number of benzene rings is 2. The van der Waals surface area contributed by atoms with Crippen LogP contribution in [-0.4, -0.2) is 31.1 Å². The van der Waals surface area contributed by atoms with Gasteiger partial charge in [-0.05, 0) is 68.9 Å². The third kappa shape index (κ3) is 5.21. The normalized spacial score (nSPS) is 17.7. The number of ether oxygens (including phenoxy) is 1. The van der Waals surface area contributed by atoms with E-state index in [9.17, 15) is 9.59 Å². The molecule has 1 aliphatic heterocycles. The Bertz CT molecular complexity index is 965. The van der Waals surface area contributed by atoms with E-state index < -0.39 is 11.8 Å². The number of para-hydroxylation sites is 1. The van der Waals surface area contributed by atoms with Gasteiger partial charge in [-0.2, -0.15) is 0 Å². The molecule has 1 heterocycles. The topological polar surface area (TPSA) is 72.6 Å². The van der Waals surface area contributed by atoms with E-state index in [1.165, 1.54) is 12.8 Å². The van der Waals surface area contributed by atoms with E-state index in [0.29, 0.717) is 18.2 Å². The van der Waals surface area contributed by atoms with Crippen LogP contribution in [0.5, 0.6) is 0 Å². The number of esters is 1. The lowest BCUT2D eigenvalue weighted by molar-refractivity contribution is -0.118. The van der Waals surface area contributed by atoms with Crippen LogP contribution in [0.4, 0.5) is 5.69 Å². The van der Waals surface area contributed by atoms with Crippen LogP contribution in [0.2, 0.25) is 0 Å². The predicted octanol–water partition coefficient (Wildman–Crippen LogP) is 5.30. The number of rotatable bonds is 8. The van der Waals surface area contributed by atoms with Crippen molar-refractivity contribution in [2.75, 3.05) is 18.1 Å². The number of allylic oxidation sites excluding steroid dienone is 1. The second-order valence-electron chi connectivity index (χ2n) is 8.30. The highest BCUT2D eigenvalue weighted by Crippen LogP contribution is 2.39. The highest BCUT2D eigenvalue weighted by atomic mass is 16.5. The molecule has 0 saturated carbocycles. The highest BCUT2D eigenvalue weighted by Gasteiger charge is 2.28. The Morgan fingerprint density at radius 2 is 1.84 bits per heavy atom. The molecule has 2 N–H and O–H groups in total. The lowest BCUT2D eigenvalue weighted by Gasteiger charge is -2.37. The predicted molar refractivity (Wildman–Crippen MR) is 130 cm³/mol. The van der Waals surface area contributed by atoms with Crippen LogP contribution in [-0.2, 0) is 9.53 Å². The molecular formula is C27H34N2O3. The summed E-state index contributed by atoms with van der Waals surface area (Å²) < 4.78 is 5.08. The molecule has 0 aromatic heterocycles. The molecule has 0 radical (unpaired) electrons. The first-order chi connectivity index (χ1) is 15.5. The SMILES string of the molecule is CCC=C(c1ccccc1N1CCCCC1C)C(C(N)=O)c1ccc(C(=O)OCC)cc1. The van der Waals surface area contributed by atoms with Gasteiger partial charge < -0.3 is 15.4 Å². The minimum absolute atomic E-state index is 0.319. The van der Waals surface area contributed by atoms with Gasteiger partial charge in [0.2, 0.25) is 5.91 Å². The van der Waals surface area contributed by atoms with Crippen molar-refractivity contribution in [2.45, 2.75) is 58.4 Å². The number of nitrogens with two attached hydrogens (primary N) is 1. The summed E-state index contributed by atoms with van der Waals surface area (Å²) in [5, 5.41) is 0. The van der Waals surface area contributed by atoms with E-state index in [-0.39, 0.29) is 5.97 Å². The minimum atomic E-state index is -0.604. The Kier molecular flexibility index (Phi) is 8.09. The third-order valence-corrected chi connectivity index (χ3v) is 6.10. The van der Waals surface area contributed by atoms with Crippen LogP contribution >= 0.6 is 0 Å². The van der Waals surface area contributed by atoms with Crippen molar-refractivity contribution in [3.05, 3.63) is 71.3 Å². The molecule has 0 bridgehead atoms. The summed E-state index contributed by atoms with van der Waals surface area (Å²) in [6.45, 7) is 7.43. The van der Waals surface area contributed by atoms with Crippen molar-refractivity contribution < 1.29 is 14.3 Å². The summed E-state index contributed by atoms with van der Waals surface area (Å²) in [5.41, 5.74) is 10.3. The van der Waals surface area contributed by atoms with Gasteiger partial charge in [0, 0.05) is 23.8 Å². The van der Waals surface area contributed by atoms with Gasteiger partial charge in [-0.3, -0.25) is 4.79 Å². The molecule has 1 saturated heterocycles. The first kappa shape index (κ1) is 23.6. The summed E-state index contributed by atoms with van der Waals surface area (Å²) in [6, 6.07) is 15.7. The lowest BCUT2D eigenvalue weighted by Crippen LogP contribution is -2.38. The number of primary amides is 1. The van der Waals surface area contributed by atoms with Crippen LogP contribution in [0.1, 0.15) is 73.9 Å². The Morgan fingerprint density at radius 3 is 2.47 bits per heavy atom. The van der Waals surface area contributed by atoms with E-state index in [2.05, 4.69) is 43.0 Å². The van der Waals surface area contributed by atoms with Gasteiger partial charge in [0.1, 0.15) is 0 Å². The molecule has 32 heavy (non-hydrogen) atoms. The van der Waals surface area contributed by atoms with Crippen molar-refractivity contribution in [1.29, 1.82) is 0 Å². The Morgan fingerprint density at radius 1 is 1.12 bits per heavy atom. The van der Waals surface area contributed by atoms with E-state index in [1.54, 1.807) is 31.2 Å². The first-order valence-electron chi connectivity index (χ1n) is 11.6. The molecule has 1 amide bonds. The minimum Gasteiger partial charge on any atom is -0.462 e. The van der Waals surface area contributed by atoms with Gasteiger partial charge in [-0.25, -0.2) is 4.79 Å². The summed E-state index contributed by atoms with van der Waals surface area (Å²) in [7, 11) is 0. The molecule has 2 atom stereocenters. The van der Waals surface area contributed by atoms with Crippen molar-refractivity contribution in [3.8, 4) is 0 Å². The average molecular weight is 435 g/mol. The second kappa shape index (κ2) is 11.0. The third-order valence-electron chi connectivity index (χ3n) is 6.10. The number of amides is 1. The van der Waals surface area contributed by atoms with Crippen LogP contribution in [0.15, 0.2) is 54.6 Å². The molecule has 1 fully saturated rings. The largest absolute Gasteiger partial charge is 0.462 e. The molecule has 5 heteroatoms. The summed E-state index contributed by atoms with van der Waals surface area (Å²) in [5.74, 6) is -1.38. The summed E-state index contributed by atoms with van der Waals surface area (Å²) in [4.78, 5) is 27.2. The molecule has 3 rings (SSSR count). The summed E-state index contributed by atoms with van der Waals surface area (Å²) >= 11 is 0. The van der Waals surface area contributed by atoms with Crippen LogP contribution in [0, 0.1) is 0 Å². The quantitative estimate of drug-likeness (QED) is 0.572. The van der Waals surface area contributed by atoms with Gasteiger partial charge in [0.25, 0.3) is 0 Å². The van der Waals surface area contributed by atoms with Gasteiger partial charge in [0.15, 0.2) is 0 Å². The number of piperidine rings is 1. The second-order valence-corrected chi connectivity index (χ2v) is 8.30. The molecule has 170 valence electrons. The van der Waals surface area contributed by atoms with Gasteiger partial charge in [-0.1, -0.05) is 43.3 Å². The zero-order valence-electron chi connectivity index (χ0n) is 19.3. The number of hydrogen-bond acceptors (Lipinski definition) is 4. The molecule has 0 spiro atoms. The standard InChI is InChI=1S/C27H34N2O3/c1-4-10-23(22-12-6-7-13-24(22)29-18-9-8-11-19(29)3)25(26(28)30)20-14-16-21(17-15-20)27(31)32-5-2/h6-7,10,12-17,19,25H,4-5,8-9,11,18H2,1-3H3,(H2,28,30). The number of carbonyl (C=O) groups excluding carboxylic acids is 2. The van der Waals surface area contributed by atoms with Crippen LogP contribution in [0.25, 0.3) is 5.57 Å². The molecule has 2 aromatic rings. The molecule has 1 aliphatic rings. The maximum absolute atomic E-state index is 12.7. The molecule has 5 nitrogen and oxygen atoms in total. The Hall–Kier alpha value is -3.08. The number of hydrogen-bond donors (Lipinski definition) is 1. The van der Waals surface area contributed by atoms with Crippen LogP contribution < -0.4 is 10.6 Å². The van der Waals surface area contributed by atoms with Crippen molar-refractivity contribution in [3.63, 3.8) is 0 Å². The van der Waals surface area contributed by atoms with E-state index in [1.807, 2.05) is 6.07 Å².